The number of unbranched alkanes of at least 4 members (excludes halogenated alkanes) is 1. The first-order chi connectivity index (χ1) is 9.17. The number of carbonyl (C=O) groups excluding carboxylic acids is 3. The maximum absolute atomic E-state index is 11.8. The van der Waals surface area contributed by atoms with Crippen LogP contribution in [0.2, 0.25) is 0 Å². The van der Waals surface area contributed by atoms with E-state index in [4.69, 9.17) is 4.74 Å². The van der Waals surface area contributed by atoms with E-state index in [0.29, 0.717) is 30.6 Å². The summed E-state index contributed by atoms with van der Waals surface area (Å²) in [5.41, 5.74) is 0.585. The van der Waals surface area contributed by atoms with Crippen molar-refractivity contribution in [2.24, 2.45) is 0 Å². The Labute approximate surface area is 112 Å². The van der Waals surface area contributed by atoms with Gasteiger partial charge in [-0.3, -0.25) is 9.59 Å². The quantitative estimate of drug-likeness (QED) is 0.390. The van der Waals surface area contributed by atoms with Crippen molar-refractivity contribution in [3.05, 3.63) is 29.8 Å². The minimum Gasteiger partial charge on any atom is -0.497 e. The normalized spacial score (nSPS) is 9.95. The van der Waals surface area contributed by atoms with Crippen molar-refractivity contribution < 1.29 is 19.1 Å². The SMILES string of the molecule is COc1ccc(C(=O)CCC(=O)CCCC=O)cc1. The van der Waals surface area contributed by atoms with E-state index in [1.54, 1.807) is 31.4 Å². The van der Waals surface area contributed by atoms with Crippen LogP contribution in [0.1, 0.15) is 42.5 Å². The molecule has 0 aliphatic rings. The van der Waals surface area contributed by atoms with E-state index in [0.717, 1.165) is 6.29 Å². The van der Waals surface area contributed by atoms with Gasteiger partial charge in [0.15, 0.2) is 5.78 Å². The summed E-state index contributed by atoms with van der Waals surface area (Å²) in [4.78, 5) is 33.4. The molecule has 0 saturated heterocycles. The third-order valence-corrected chi connectivity index (χ3v) is 2.82. The van der Waals surface area contributed by atoms with E-state index < -0.39 is 0 Å². The Hall–Kier alpha value is -1.97. The monoisotopic (exact) mass is 262 g/mol. The molecule has 0 N–H and O–H groups in total. The third-order valence-electron chi connectivity index (χ3n) is 2.82. The molecular weight excluding hydrogens is 244 g/mol. The van der Waals surface area contributed by atoms with Gasteiger partial charge in [-0.2, -0.15) is 0 Å². The summed E-state index contributed by atoms with van der Waals surface area (Å²) in [5, 5.41) is 0. The molecule has 19 heavy (non-hydrogen) atoms. The molecule has 0 aliphatic carbocycles. The van der Waals surface area contributed by atoms with E-state index in [9.17, 15) is 14.4 Å². The Morgan fingerprint density at radius 2 is 1.79 bits per heavy atom. The predicted molar refractivity (Wildman–Crippen MR) is 71.5 cm³/mol. The second kappa shape index (κ2) is 8.19. The van der Waals surface area contributed by atoms with Crippen LogP contribution >= 0.6 is 0 Å². The number of hydrogen-bond acceptors (Lipinski definition) is 4. The fourth-order valence-corrected chi connectivity index (χ4v) is 1.68. The minimum absolute atomic E-state index is 0.0312. The lowest BCUT2D eigenvalue weighted by Gasteiger charge is -2.03. The molecule has 0 unspecified atom stereocenters. The maximum Gasteiger partial charge on any atom is 0.163 e. The topological polar surface area (TPSA) is 60.4 Å². The van der Waals surface area contributed by atoms with Gasteiger partial charge in [0.25, 0.3) is 0 Å². The number of aldehydes is 1. The van der Waals surface area contributed by atoms with Crippen LogP contribution in [0.15, 0.2) is 24.3 Å². The Morgan fingerprint density at radius 3 is 2.37 bits per heavy atom. The molecule has 0 aromatic heterocycles. The van der Waals surface area contributed by atoms with Crippen molar-refractivity contribution >= 4 is 17.9 Å². The zero-order chi connectivity index (χ0) is 14.1. The van der Waals surface area contributed by atoms with Gasteiger partial charge in [-0.25, -0.2) is 0 Å². The zero-order valence-electron chi connectivity index (χ0n) is 11.1. The first-order valence-corrected chi connectivity index (χ1v) is 6.30. The highest BCUT2D eigenvalue weighted by Crippen LogP contribution is 2.13. The van der Waals surface area contributed by atoms with Gasteiger partial charge in [0.1, 0.15) is 17.8 Å². The summed E-state index contributed by atoms with van der Waals surface area (Å²) < 4.78 is 5.01. The maximum atomic E-state index is 11.8. The highest BCUT2D eigenvalue weighted by Gasteiger charge is 2.09. The summed E-state index contributed by atoms with van der Waals surface area (Å²) in [7, 11) is 1.56. The van der Waals surface area contributed by atoms with Crippen molar-refractivity contribution in [2.75, 3.05) is 7.11 Å². The van der Waals surface area contributed by atoms with Gasteiger partial charge >= 0.3 is 0 Å². The molecular formula is C15H18O4. The van der Waals surface area contributed by atoms with Crippen LogP contribution in [-0.2, 0) is 9.59 Å². The summed E-state index contributed by atoms with van der Waals surface area (Å²) in [5.74, 6) is 0.677. The Bertz CT molecular complexity index is 434. The Balaban J connectivity index is 2.37. The summed E-state index contributed by atoms with van der Waals surface area (Å²) >= 11 is 0. The number of methoxy groups -OCH3 is 1. The zero-order valence-corrected chi connectivity index (χ0v) is 11.1. The van der Waals surface area contributed by atoms with Crippen LogP contribution in [0.3, 0.4) is 0 Å². The number of ketones is 2. The summed E-state index contributed by atoms with van der Waals surface area (Å²) in [6.45, 7) is 0. The van der Waals surface area contributed by atoms with Gasteiger partial charge in [0.2, 0.25) is 0 Å². The van der Waals surface area contributed by atoms with E-state index in [2.05, 4.69) is 0 Å². The van der Waals surface area contributed by atoms with Crippen LogP contribution < -0.4 is 4.74 Å². The standard InChI is InChI=1S/C15H18O4/c1-19-14-8-5-12(6-9-14)15(18)10-7-13(17)4-2-3-11-16/h5-6,8-9,11H,2-4,7,10H2,1H3. The van der Waals surface area contributed by atoms with Crippen LogP contribution in [0, 0.1) is 0 Å². The second-order valence-corrected chi connectivity index (χ2v) is 4.25. The number of hydrogen-bond donors (Lipinski definition) is 0. The van der Waals surface area contributed by atoms with Crippen molar-refractivity contribution in [1.82, 2.24) is 0 Å². The van der Waals surface area contributed by atoms with Gasteiger partial charge in [0.05, 0.1) is 7.11 Å². The van der Waals surface area contributed by atoms with Gasteiger partial charge in [-0.05, 0) is 30.7 Å². The van der Waals surface area contributed by atoms with Crippen LogP contribution in [0.4, 0.5) is 0 Å². The number of Topliss-reactive ketones (excluding diaryl/α,β-unsaturated/α-hetero) is 2. The van der Waals surface area contributed by atoms with Crippen molar-refractivity contribution in [2.45, 2.75) is 32.1 Å². The highest BCUT2D eigenvalue weighted by molar-refractivity contribution is 5.98. The average molecular weight is 262 g/mol. The number of rotatable bonds is 9. The molecule has 0 heterocycles. The van der Waals surface area contributed by atoms with E-state index in [-0.39, 0.29) is 24.4 Å². The van der Waals surface area contributed by atoms with Gasteiger partial charge in [-0.15, -0.1) is 0 Å². The molecule has 4 nitrogen and oxygen atoms in total. The van der Waals surface area contributed by atoms with Gasteiger partial charge in [0, 0.05) is 31.2 Å². The number of ether oxygens (including phenoxy) is 1. The Morgan fingerprint density at radius 1 is 1.11 bits per heavy atom. The molecule has 1 aromatic rings. The molecule has 102 valence electrons. The molecule has 1 aromatic carbocycles. The minimum atomic E-state index is -0.0496. The van der Waals surface area contributed by atoms with Gasteiger partial charge < -0.3 is 9.53 Å². The lowest BCUT2D eigenvalue weighted by Crippen LogP contribution is -2.04. The van der Waals surface area contributed by atoms with Crippen molar-refractivity contribution in [1.29, 1.82) is 0 Å². The molecule has 0 fully saturated rings. The fraction of sp³-hybridized carbons (Fsp3) is 0.400. The van der Waals surface area contributed by atoms with E-state index in [1.807, 2.05) is 0 Å². The molecule has 0 bridgehead atoms. The first kappa shape index (κ1) is 15.1. The van der Waals surface area contributed by atoms with Crippen molar-refractivity contribution in [3.8, 4) is 5.75 Å². The van der Waals surface area contributed by atoms with Crippen LogP contribution in [0.25, 0.3) is 0 Å². The third kappa shape index (κ3) is 5.46. The molecule has 0 spiro atoms. The summed E-state index contributed by atoms with van der Waals surface area (Å²) in [6, 6.07) is 6.83. The lowest BCUT2D eigenvalue weighted by molar-refractivity contribution is -0.119. The van der Waals surface area contributed by atoms with E-state index >= 15 is 0 Å². The Kier molecular flexibility index (Phi) is 6.50. The molecule has 1 rings (SSSR count). The number of carbonyl (C=O) groups is 3. The van der Waals surface area contributed by atoms with Crippen LogP contribution in [0.5, 0.6) is 5.75 Å². The smallest absolute Gasteiger partial charge is 0.163 e. The predicted octanol–water partition coefficient (Wildman–Crippen LogP) is 2.60. The summed E-state index contributed by atoms with van der Waals surface area (Å²) in [6.07, 6.45) is 2.59. The largest absolute Gasteiger partial charge is 0.497 e. The molecule has 0 aliphatic heterocycles. The van der Waals surface area contributed by atoms with E-state index in [1.165, 1.54) is 0 Å². The second-order valence-electron chi connectivity index (χ2n) is 4.25. The molecule has 0 radical (unpaired) electrons. The van der Waals surface area contributed by atoms with Gasteiger partial charge in [-0.1, -0.05) is 0 Å². The molecule has 0 atom stereocenters. The lowest BCUT2D eigenvalue weighted by atomic mass is 10.0. The number of benzene rings is 1. The van der Waals surface area contributed by atoms with Crippen molar-refractivity contribution in [3.63, 3.8) is 0 Å². The average Bonchev–Trinajstić information content (AvgIpc) is 2.45. The molecule has 0 amide bonds. The molecule has 4 heteroatoms. The molecule has 0 saturated carbocycles. The highest BCUT2D eigenvalue weighted by atomic mass is 16.5. The van der Waals surface area contributed by atoms with Crippen LogP contribution in [-0.4, -0.2) is 25.0 Å². The fourth-order valence-electron chi connectivity index (χ4n) is 1.68. The first-order valence-electron chi connectivity index (χ1n) is 6.30.